The van der Waals surface area contributed by atoms with Gasteiger partial charge in [0.2, 0.25) is 0 Å². The lowest BCUT2D eigenvalue weighted by atomic mass is 10.2. The maximum atomic E-state index is 12.3. The molecule has 1 N–H and O–H groups in total. The Labute approximate surface area is 168 Å². The van der Waals surface area contributed by atoms with Crippen LogP contribution in [0.15, 0.2) is 75.4 Å². The largest absolute Gasteiger partial charge is 0.352 e. The van der Waals surface area contributed by atoms with Gasteiger partial charge in [-0.1, -0.05) is 42.8 Å². The molecule has 0 radical (unpaired) electrons. The molecule has 144 valence electrons. The van der Waals surface area contributed by atoms with E-state index in [1.165, 1.54) is 28.1 Å². The van der Waals surface area contributed by atoms with Gasteiger partial charge in [0.1, 0.15) is 5.03 Å². The highest BCUT2D eigenvalue weighted by molar-refractivity contribution is 7.99. The normalized spacial score (nSPS) is 10.6. The molecule has 3 aromatic rings. The summed E-state index contributed by atoms with van der Waals surface area (Å²) in [5, 5.41) is 8.07. The zero-order valence-corrected chi connectivity index (χ0v) is 16.8. The fraction of sp³-hybridized carbons (Fsp3) is 0.227. The summed E-state index contributed by atoms with van der Waals surface area (Å²) in [7, 11) is 0. The summed E-state index contributed by atoms with van der Waals surface area (Å²) in [5.74, 6) is -0.107. The van der Waals surface area contributed by atoms with Crippen molar-refractivity contribution in [3.63, 3.8) is 0 Å². The minimum atomic E-state index is -0.214. The van der Waals surface area contributed by atoms with Crippen molar-refractivity contribution >= 4 is 17.7 Å². The van der Waals surface area contributed by atoms with Crippen molar-refractivity contribution in [1.29, 1.82) is 0 Å². The molecular weight excluding hydrogens is 370 g/mol. The van der Waals surface area contributed by atoms with Gasteiger partial charge in [-0.2, -0.15) is 9.78 Å². The number of amides is 1. The van der Waals surface area contributed by atoms with Crippen molar-refractivity contribution in [1.82, 2.24) is 15.1 Å². The van der Waals surface area contributed by atoms with Crippen molar-refractivity contribution in [2.24, 2.45) is 0 Å². The average molecular weight is 394 g/mol. The summed E-state index contributed by atoms with van der Waals surface area (Å²) < 4.78 is 1.36. The van der Waals surface area contributed by atoms with E-state index in [0.717, 1.165) is 22.8 Å². The second-order valence-corrected chi connectivity index (χ2v) is 7.59. The van der Waals surface area contributed by atoms with Gasteiger partial charge in [0, 0.05) is 23.1 Å². The molecule has 0 fully saturated rings. The third-order valence-corrected chi connectivity index (χ3v) is 5.14. The number of aromatic nitrogens is 2. The van der Waals surface area contributed by atoms with Crippen LogP contribution in [-0.2, 0) is 0 Å². The van der Waals surface area contributed by atoms with E-state index in [1.54, 1.807) is 30.3 Å². The number of rotatable bonds is 7. The predicted octanol–water partition coefficient (Wildman–Crippen LogP) is 4.22. The molecule has 0 aliphatic heterocycles. The minimum absolute atomic E-state index is 0.107. The Kier molecular flexibility index (Phi) is 6.66. The molecule has 0 unspecified atom stereocenters. The van der Waals surface area contributed by atoms with Crippen LogP contribution in [0.5, 0.6) is 0 Å². The highest BCUT2D eigenvalue weighted by atomic mass is 32.2. The first-order valence-electron chi connectivity index (χ1n) is 9.30. The first-order chi connectivity index (χ1) is 13.6. The molecule has 0 aliphatic rings. The third-order valence-electron chi connectivity index (χ3n) is 4.21. The van der Waals surface area contributed by atoms with Crippen molar-refractivity contribution in [2.45, 2.75) is 36.6 Å². The lowest BCUT2D eigenvalue weighted by Crippen LogP contribution is -2.24. The standard InChI is InChI=1S/C22H23N3O2S/c1-3-4-15-23-22(27)17-7-9-18(10-8-17)25-21(26)14-13-20(24-25)28-19-11-5-16(2)6-12-19/h5-14H,3-4,15H2,1-2H3,(H,23,27). The van der Waals surface area contributed by atoms with Crippen LogP contribution in [0.4, 0.5) is 0 Å². The molecule has 1 aromatic heterocycles. The Bertz CT molecular complexity index is 996. The Morgan fingerprint density at radius 3 is 2.43 bits per heavy atom. The smallest absolute Gasteiger partial charge is 0.271 e. The Hall–Kier alpha value is -2.86. The molecule has 0 saturated carbocycles. The van der Waals surface area contributed by atoms with Crippen LogP contribution in [0.3, 0.4) is 0 Å². The predicted molar refractivity (Wildman–Crippen MR) is 112 cm³/mol. The maximum absolute atomic E-state index is 12.3. The molecule has 1 amide bonds. The van der Waals surface area contributed by atoms with Gasteiger partial charge in [0.05, 0.1) is 5.69 Å². The third kappa shape index (κ3) is 5.10. The maximum Gasteiger partial charge on any atom is 0.271 e. The van der Waals surface area contributed by atoms with Crippen LogP contribution in [0.1, 0.15) is 35.7 Å². The summed E-state index contributed by atoms with van der Waals surface area (Å²) in [5.41, 5.74) is 2.18. The first-order valence-corrected chi connectivity index (χ1v) is 10.1. The van der Waals surface area contributed by atoms with Gasteiger partial charge in [0.15, 0.2) is 0 Å². The molecule has 0 aliphatic carbocycles. The number of carbonyl (C=O) groups excluding carboxylic acids is 1. The molecule has 28 heavy (non-hydrogen) atoms. The van der Waals surface area contributed by atoms with Gasteiger partial charge in [-0.15, -0.1) is 0 Å². The zero-order chi connectivity index (χ0) is 19.9. The van der Waals surface area contributed by atoms with E-state index in [2.05, 4.69) is 17.3 Å². The molecule has 2 aromatic carbocycles. The van der Waals surface area contributed by atoms with Crippen LogP contribution in [0.25, 0.3) is 5.69 Å². The van der Waals surface area contributed by atoms with E-state index >= 15 is 0 Å². The monoisotopic (exact) mass is 393 g/mol. The molecule has 0 saturated heterocycles. The van der Waals surface area contributed by atoms with Crippen molar-refractivity contribution in [3.8, 4) is 5.69 Å². The molecule has 1 heterocycles. The Balaban J connectivity index is 1.78. The summed E-state index contributed by atoms with van der Waals surface area (Å²) >= 11 is 1.50. The van der Waals surface area contributed by atoms with Gasteiger partial charge in [-0.25, -0.2) is 0 Å². The Morgan fingerprint density at radius 1 is 1.04 bits per heavy atom. The van der Waals surface area contributed by atoms with Gasteiger partial charge >= 0.3 is 0 Å². The van der Waals surface area contributed by atoms with E-state index in [1.807, 2.05) is 31.2 Å². The van der Waals surface area contributed by atoms with E-state index in [9.17, 15) is 9.59 Å². The summed E-state index contributed by atoms with van der Waals surface area (Å²) in [4.78, 5) is 25.4. The number of benzene rings is 2. The second-order valence-electron chi connectivity index (χ2n) is 6.49. The molecule has 5 nitrogen and oxygen atoms in total. The Morgan fingerprint density at radius 2 is 1.75 bits per heavy atom. The number of nitrogens with zero attached hydrogens (tertiary/aromatic N) is 2. The van der Waals surface area contributed by atoms with Crippen molar-refractivity contribution < 1.29 is 4.79 Å². The molecule has 3 rings (SSSR count). The summed E-state index contributed by atoms with van der Waals surface area (Å²) in [6, 6.07) is 18.3. The van der Waals surface area contributed by atoms with Crippen LogP contribution in [0, 0.1) is 6.92 Å². The van der Waals surface area contributed by atoms with Crippen LogP contribution < -0.4 is 10.9 Å². The van der Waals surface area contributed by atoms with Crippen molar-refractivity contribution in [3.05, 3.63) is 82.1 Å². The van der Waals surface area contributed by atoms with Gasteiger partial charge < -0.3 is 5.32 Å². The molecule has 0 atom stereocenters. The summed E-state index contributed by atoms with van der Waals surface area (Å²) in [6.45, 7) is 4.79. The quantitative estimate of drug-likeness (QED) is 0.611. The highest BCUT2D eigenvalue weighted by Gasteiger charge is 2.08. The first kappa shape index (κ1) is 19.9. The molecule has 6 heteroatoms. The lowest BCUT2D eigenvalue weighted by Gasteiger charge is -2.08. The van der Waals surface area contributed by atoms with Gasteiger partial charge in [-0.3, -0.25) is 9.59 Å². The number of aryl methyl sites for hydroxylation is 1. The molecule has 0 spiro atoms. The van der Waals surface area contributed by atoms with Crippen molar-refractivity contribution in [2.75, 3.05) is 6.54 Å². The van der Waals surface area contributed by atoms with E-state index < -0.39 is 0 Å². The summed E-state index contributed by atoms with van der Waals surface area (Å²) in [6.07, 6.45) is 1.99. The second kappa shape index (κ2) is 9.37. The van der Waals surface area contributed by atoms with Crippen LogP contribution in [-0.4, -0.2) is 22.2 Å². The fourth-order valence-electron chi connectivity index (χ4n) is 2.60. The fourth-order valence-corrected chi connectivity index (χ4v) is 3.37. The number of carbonyl (C=O) groups is 1. The number of hydrogen-bond acceptors (Lipinski definition) is 4. The van der Waals surface area contributed by atoms with Gasteiger partial charge in [-0.05, 0) is 55.8 Å². The van der Waals surface area contributed by atoms with Gasteiger partial charge in [0.25, 0.3) is 11.5 Å². The van der Waals surface area contributed by atoms with Crippen LogP contribution >= 0.6 is 11.8 Å². The topological polar surface area (TPSA) is 64.0 Å². The van der Waals surface area contributed by atoms with E-state index in [0.29, 0.717) is 17.8 Å². The SMILES string of the molecule is CCCCNC(=O)c1ccc(-n2nc(Sc3ccc(C)cc3)ccc2=O)cc1. The van der Waals surface area contributed by atoms with E-state index in [4.69, 9.17) is 0 Å². The lowest BCUT2D eigenvalue weighted by molar-refractivity contribution is 0.0953. The highest BCUT2D eigenvalue weighted by Crippen LogP contribution is 2.25. The van der Waals surface area contributed by atoms with Crippen LogP contribution in [0.2, 0.25) is 0 Å². The average Bonchev–Trinajstić information content (AvgIpc) is 2.71. The zero-order valence-electron chi connectivity index (χ0n) is 16.0. The molecular formula is C22H23N3O2S. The molecule has 0 bridgehead atoms. The number of unbranched alkanes of at least 4 members (excludes halogenated alkanes) is 1. The minimum Gasteiger partial charge on any atom is -0.352 e. The number of nitrogens with one attached hydrogen (secondary N) is 1. The van der Waals surface area contributed by atoms with E-state index in [-0.39, 0.29) is 11.5 Å². The number of hydrogen-bond donors (Lipinski definition) is 1.